The third-order valence-corrected chi connectivity index (χ3v) is 17.3. The van der Waals surface area contributed by atoms with Gasteiger partial charge in [-0.2, -0.15) is 0 Å². The second-order valence-electron chi connectivity index (χ2n) is 21.3. The zero-order valence-electron chi connectivity index (χ0n) is 38.7. The molecule has 59 heavy (non-hydrogen) atoms. The average Bonchev–Trinajstić information content (AvgIpc) is 4.00. The van der Waals surface area contributed by atoms with Gasteiger partial charge in [-0.25, -0.2) is 4.39 Å². The third-order valence-electron chi connectivity index (χ3n) is 17.3. The minimum Gasteiger partial charge on any atom is -0.393 e. The standard InChI is InChI=1S/C53H84FNO4/c1-11-38(39-21-22-39)30-47(55)52(59)50(57)32(5)15-24-43(48(56)12-2)36(9)51(58)41-19-16-37(17-20-41)29-45-33(6)42(26-27-53(10,54)13-3)34(7)49(35(45)8)44-25-23-40-18-14-31(4)28-46(40)44/h31-34,37-43,45,48-49,55-56H,8-9,11-30H2,1-7,10H3. The maximum atomic E-state index is 15.4. The molecule has 5 aliphatic carbocycles. The maximum Gasteiger partial charge on any atom is 0.242 e. The van der Waals surface area contributed by atoms with E-state index < -0.39 is 35.2 Å². The fourth-order valence-corrected chi connectivity index (χ4v) is 12.7. The lowest BCUT2D eigenvalue weighted by Crippen LogP contribution is -2.42. The van der Waals surface area contributed by atoms with Crippen molar-refractivity contribution in [3.8, 4) is 0 Å². The van der Waals surface area contributed by atoms with Crippen molar-refractivity contribution >= 4 is 23.1 Å². The molecule has 2 N–H and O–H groups in total. The number of rotatable bonds is 22. The molecule has 0 aromatic carbocycles. The molecule has 4 saturated carbocycles. The predicted octanol–water partition coefficient (Wildman–Crippen LogP) is 13.2. The van der Waals surface area contributed by atoms with Gasteiger partial charge in [0.1, 0.15) is 5.67 Å². The third kappa shape index (κ3) is 11.4. The second kappa shape index (κ2) is 20.8. The van der Waals surface area contributed by atoms with Gasteiger partial charge >= 0.3 is 0 Å². The summed E-state index contributed by atoms with van der Waals surface area (Å²) in [6.45, 7) is 26.0. The number of nitrogens with one attached hydrogen (secondary N) is 1. The van der Waals surface area contributed by atoms with Crippen LogP contribution in [0, 0.1) is 82.3 Å². The first-order valence-corrected chi connectivity index (χ1v) is 24.6. The first-order valence-electron chi connectivity index (χ1n) is 24.6. The van der Waals surface area contributed by atoms with Crippen molar-refractivity contribution in [3.05, 3.63) is 35.5 Å². The van der Waals surface area contributed by atoms with E-state index in [1.165, 1.54) is 37.7 Å². The summed E-state index contributed by atoms with van der Waals surface area (Å²) in [5.74, 6) is 2.70. The van der Waals surface area contributed by atoms with Crippen LogP contribution in [0.2, 0.25) is 0 Å². The molecule has 4 fully saturated rings. The largest absolute Gasteiger partial charge is 0.393 e. The van der Waals surface area contributed by atoms with Gasteiger partial charge in [0.15, 0.2) is 5.78 Å². The number of carbonyl (C=O) groups is 3. The highest BCUT2D eigenvalue weighted by Gasteiger charge is 2.47. The van der Waals surface area contributed by atoms with E-state index in [1.54, 1.807) is 25.0 Å². The number of halogens is 1. The summed E-state index contributed by atoms with van der Waals surface area (Å²) in [5, 5.41) is 19.5. The van der Waals surface area contributed by atoms with Crippen LogP contribution in [0.1, 0.15) is 184 Å². The minimum absolute atomic E-state index is 0.0454. The van der Waals surface area contributed by atoms with E-state index >= 15 is 4.39 Å². The number of ketones is 3. The molecule has 12 unspecified atom stereocenters. The molecule has 0 aromatic rings. The molecule has 0 saturated heterocycles. The van der Waals surface area contributed by atoms with Crippen molar-refractivity contribution in [3.63, 3.8) is 0 Å². The molecule has 0 heterocycles. The Labute approximate surface area is 359 Å². The molecule has 0 amide bonds. The average molecular weight is 818 g/mol. The van der Waals surface area contributed by atoms with E-state index in [1.807, 2.05) is 13.8 Å². The zero-order valence-corrected chi connectivity index (χ0v) is 38.7. The summed E-state index contributed by atoms with van der Waals surface area (Å²) in [7, 11) is 0. The van der Waals surface area contributed by atoms with Gasteiger partial charge in [-0.15, -0.1) is 0 Å². The summed E-state index contributed by atoms with van der Waals surface area (Å²) in [6, 6.07) is 0. The van der Waals surface area contributed by atoms with Crippen LogP contribution in [0.25, 0.3) is 0 Å². The fourth-order valence-electron chi connectivity index (χ4n) is 12.7. The number of alkyl halides is 1. The van der Waals surface area contributed by atoms with Gasteiger partial charge in [-0.3, -0.25) is 14.4 Å². The van der Waals surface area contributed by atoms with Gasteiger partial charge in [-0.1, -0.05) is 84.8 Å². The molecule has 0 radical (unpaired) electrons. The molecular formula is C53H84FNO4. The molecule has 0 bridgehead atoms. The zero-order chi connectivity index (χ0) is 43.3. The first-order chi connectivity index (χ1) is 27.9. The Morgan fingerprint density at radius 3 is 2.20 bits per heavy atom. The molecule has 5 nitrogen and oxygen atoms in total. The van der Waals surface area contributed by atoms with Gasteiger partial charge in [0.25, 0.3) is 0 Å². The summed E-state index contributed by atoms with van der Waals surface area (Å²) >= 11 is 0. The normalized spacial score (nSPS) is 33.1. The van der Waals surface area contributed by atoms with E-state index in [-0.39, 0.29) is 17.4 Å². The van der Waals surface area contributed by atoms with Crippen LogP contribution in [0.5, 0.6) is 0 Å². The van der Waals surface area contributed by atoms with E-state index in [4.69, 9.17) is 12.0 Å². The number of aliphatic hydroxyl groups excluding tert-OH is 1. The Kier molecular flexibility index (Phi) is 16.8. The van der Waals surface area contributed by atoms with Gasteiger partial charge < -0.3 is 10.5 Å². The highest BCUT2D eigenvalue weighted by Crippen LogP contribution is 2.57. The van der Waals surface area contributed by atoms with E-state index in [0.717, 1.165) is 69.6 Å². The molecule has 5 aliphatic rings. The van der Waals surface area contributed by atoms with Crippen molar-refractivity contribution in [1.82, 2.24) is 0 Å². The van der Waals surface area contributed by atoms with Crippen molar-refractivity contribution in [2.45, 2.75) is 196 Å². The van der Waals surface area contributed by atoms with Gasteiger partial charge in [0.05, 0.1) is 11.8 Å². The summed E-state index contributed by atoms with van der Waals surface area (Å²) in [5.41, 5.74) is 4.13. The van der Waals surface area contributed by atoms with E-state index in [2.05, 4.69) is 34.3 Å². The van der Waals surface area contributed by atoms with Crippen molar-refractivity contribution < 1.29 is 23.9 Å². The number of aliphatic hydroxyl groups is 1. The summed E-state index contributed by atoms with van der Waals surface area (Å²) in [4.78, 5) is 40.2. The lowest BCUT2D eigenvalue weighted by Gasteiger charge is -2.49. The SMILES string of the molecule is C=C(C(=O)C1CCC(CC2C(=C)C(C3=C4CC(C)CCC4CC3)C(C)C(CCC(C)(F)CC)C2C)CC1)C(CCC(C)C(=O)C(=O)C(=N)CC(CC)C1CC1)C(O)CC. The molecule has 6 heteroatoms. The Balaban J connectivity index is 1.21. The Morgan fingerprint density at radius 1 is 0.915 bits per heavy atom. The number of Topliss-reactive ketones (excluding diaryl/α,β-unsaturated/α-hetero) is 3. The van der Waals surface area contributed by atoms with E-state index in [9.17, 15) is 19.5 Å². The topological polar surface area (TPSA) is 95.3 Å². The summed E-state index contributed by atoms with van der Waals surface area (Å²) in [6.07, 6.45) is 17.2. The van der Waals surface area contributed by atoms with Crippen LogP contribution in [-0.2, 0) is 14.4 Å². The number of fused-ring (bicyclic) bond motifs is 1. The Hall–Kier alpha value is -2.21. The fraction of sp³-hybridized carbons (Fsp3) is 0.811. The second-order valence-corrected chi connectivity index (χ2v) is 21.3. The molecular weight excluding hydrogens is 734 g/mol. The lowest BCUT2D eigenvalue weighted by atomic mass is 9.55. The van der Waals surface area contributed by atoms with Gasteiger partial charge in [0.2, 0.25) is 11.6 Å². The molecule has 12 atom stereocenters. The van der Waals surface area contributed by atoms with Crippen molar-refractivity contribution in [2.75, 3.05) is 0 Å². The Bertz CT molecular complexity index is 1560. The first kappa shape index (κ1) is 47.8. The lowest BCUT2D eigenvalue weighted by molar-refractivity contribution is -0.135. The highest BCUT2D eigenvalue weighted by molar-refractivity contribution is 6.64. The van der Waals surface area contributed by atoms with Gasteiger partial charge in [-0.05, 0) is 188 Å². The quantitative estimate of drug-likeness (QED) is 0.0492. The van der Waals surface area contributed by atoms with E-state index in [0.29, 0.717) is 91.4 Å². The molecule has 332 valence electrons. The molecule has 5 rings (SSSR count). The van der Waals surface area contributed by atoms with Gasteiger partial charge in [0, 0.05) is 23.7 Å². The van der Waals surface area contributed by atoms with Crippen LogP contribution >= 0.6 is 0 Å². The molecule has 0 aromatic heterocycles. The number of carbonyl (C=O) groups excluding carboxylic acids is 3. The van der Waals surface area contributed by atoms with Crippen LogP contribution in [0.3, 0.4) is 0 Å². The number of hydrogen-bond acceptors (Lipinski definition) is 5. The Morgan fingerprint density at radius 2 is 1.59 bits per heavy atom. The van der Waals surface area contributed by atoms with Crippen LogP contribution in [0.4, 0.5) is 4.39 Å². The van der Waals surface area contributed by atoms with Crippen LogP contribution in [0.15, 0.2) is 35.5 Å². The predicted molar refractivity (Wildman–Crippen MR) is 241 cm³/mol. The monoisotopic (exact) mass is 818 g/mol. The molecule has 0 aliphatic heterocycles. The minimum atomic E-state index is -1.13. The smallest absolute Gasteiger partial charge is 0.242 e. The van der Waals surface area contributed by atoms with Crippen LogP contribution < -0.4 is 0 Å². The molecule has 0 spiro atoms. The number of hydrogen-bond donors (Lipinski definition) is 2. The van der Waals surface area contributed by atoms with Crippen molar-refractivity contribution in [1.29, 1.82) is 5.41 Å². The van der Waals surface area contributed by atoms with Crippen molar-refractivity contribution in [2.24, 2.45) is 76.9 Å². The maximum absolute atomic E-state index is 15.4. The highest BCUT2D eigenvalue weighted by atomic mass is 19.1. The number of allylic oxidation sites excluding steroid dienone is 3. The summed E-state index contributed by atoms with van der Waals surface area (Å²) < 4.78 is 15.4. The van der Waals surface area contributed by atoms with Crippen LogP contribution in [-0.4, -0.2) is 39.9 Å².